The van der Waals surface area contributed by atoms with Crippen LogP contribution in [0.5, 0.6) is 0 Å². The highest BCUT2D eigenvalue weighted by atomic mass is 32.2. The number of anilines is 2. The predicted molar refractivity (Wildman–Crippen MR) is 109 cm³/mol. The molecule has 0 radical (unpaired) electrons. The SMILES string of the molecule is CC[C@H](Sc1nnc(C)s1)C(=O)N1c2ccccc2Sc2ccccc21. The van der Waals surface area contributed by atoms with Gasteiger partial charge in [-0.25, -0.2) is 0 Å². The second-order valence-electron chi connectivity index (χ2n) is 5.81. The Kier molecular flexibility index (Phi) is 5.02. The quantitative estimate of drug-likeness (QED) is 0.539. The van der Waals surface area contributed by atoms with E-state index in [1.165, 1.54) is 23.1 Å². The second-order valence-corrected chi connectivity index (χ2v) is 9.53. The van der Waals surface area contributed by atoms with E-state index in [0.717, 1.165) is 36.9 Å². The Labute approximate surface area is 165 Å². The molecule has 3 aromatic rings. The van der Waals surface area contributed by atoms with Crippen LogP contribution in [0.4, 0.5) is 11.4 Å². The lowest BCUT2D eigenvalue weighted by Gasteiger charge is -2.33. The van der Waals surface area contributed by atoms with E-state index in [9.17, 15) is 4.79 Å². The number of carbonyl (C=O) groups is 1. The lowest BCUT2D eigenvalue weighted by Crippen LogP contribution is -2.35. The number of hydrogen-bond donors (Lipinski definition) is 0. The maximum Gasteiger partial charge on any atom is 0.245 e. The van der Waals surface area contributed by atoms with E-state index in [0.29, 0.717) is 0 Å². The third kappa shape index (κ3) is 3.26. The van der Waals surface area contributed by atoms with Crippen LogP contribution in [0.15, 0.2) is 62.7 Å². The van der Waals surface area contributed by atoms with Crippen molar-refractivity contribution in [1.82, 2.24) is 10.2 Å². The van der Waals surface area contributed by atoms with Crippen LogP contribution in [-0.4, -0.2) is 21.4 Å². The highest BCUT2D eigenvalue weighted by Crippen LogP contribution is 2.48. The van der Waals surface area contributed by atoms with Crippen molar-refractivity contribution in [2.45, 2.75) is 39.6 Å². The van der Waals surface area contributed by atoms with Gasteiger partial charge in [-0.05, 0) is 37.6 Å². The molecule has 0 saturated heterocycles. The summed E-state index contributed by atoms with van der Waals surface area (Å²) in [5, 5.41) is 8.96. The third-order valence-electron chi connectivity index (χ3n) is 4.05. The zero-order chi connectivity index (χ0) is 18.1. The maximum atomic E-state index is 13.5. The number of aromatic nitrogens is 2. The molecule has 0 unspecified atom stereocenters. The van der Waals surface area contributed by atoms with Crippen molar-refractivity contribution in [1.29, 1.82) is 0 Å². The molecule has 4 nitrogen and oxygen atoms in total. The van der Waals surface area contributed by atoms with Gasteiger partial charge in [0.25, 0.3) is 0 Å². The van der Waals surface area contributed by atoms with Gasteiger partial charge in [-0.15, -0.1) is 10.2 Å². The Morgan fingerprint density at radius 2 is 1.69 bits per heavy atom. The second kappa shape index (κ2) is 7.42. The number of rotatable bonds is 4. The Balaban J connectivity index is 1.72. The van der Waals surface area contributed by atoms with Crippen molar-refractivity contribution in [3.8, 4) is 0 Å². The molecule has 1 atom stereocenters. The van der Waals surface area contributed by atoms with Crippen molar-refractivity contribution in [2.75, 3.05) is 4.90 Å². The van der Waals surface area contributed by atoms with Crippen LogP contribution in [0.3, 0.4) is 0 Å². The molecule has 0 saturated carbocycles. The monoisotopic (exact) mass is 399 g/mol. The van der Waals surface area contributed by atoms with Gasteiger partial charge in [0.2, 0.25) is 5.91 Å². The van der Waals surface area contributed by atoms with Crippen molar-refractivity contribution in [2.24, 2.45) is 0 Å². The molecular weight excluding hydrogens is 382 g/mol. The van der Waals surface area contributed by atoms with Gasteiger partial charge in [0.1, 0.15) is 5.01 Å². The molecule has 0 N–H and O–H groups in total. The predicted octanol–water partition coefficient (Wildman–Crippen LogP) is 5.55. The minimum absolute atomic E-state index is 0.0885. The van der Waals surface area contributed by atoms with Gasteiger partial charge in [0.05, 0.1) is 16.6 Å². The largest absolute Gasteiger partial charge is 0.278 e. The van der Waals surface area contributed by atoms with Gasteiger partial charge < -0.3 is 0 Å². The summed E-state index contributed by atoms with van der Waals surface area (Å²) in [7, 11) is 0. The van der Waals surface area contributed by atoms with Crippen LogP contribution >= 0.6 is 34.9 Å². The number of aryl methyl sites for hydroxylation is 1. The molecule has 1 aliphatic rings. The molecule has 0 aliphatic carbocycles. The molecule has 4 rings (SSSR count). The van der Waals surface area contributed by atoms with Crippen LogP contribution in [0, 0.1) is 6.92 Å². The molecule has 132 valence electrons. The third-order valence-corrected chi connectivity index (χ3v) is 7.45. The van der Waals surface area contributed by atoms with E-state index >= 15 is 0 Å². The first-order chi connectivity index (χ1) is 12.7. The van der Waals surface area contributed by atoms with Crippen molar-refractivity contribution >= 4 is 52.1 Å². The van der Waals surface area contributed by atoms with Gasteiger partial charge >= 0.3 is 0 Å². The molecule has 0 fully saturated rings. The molecule has 2 aromatic carbocycles. The molecular formula is C19H17N3OS3. The average molecular weight is 400 g/mol. The lowest BCUT2D eigenvalue weighted by atomic mass is 10.2. The number of para-hydroxylation sites is 2. The number of hydrogen-bond acceptors (Lipinski definition) is 6. The smallest absolute Gasteiger partial charge is 0.245 e. The van der Waals surface area contributed by atoms with Gasteiger partial charge in [0.15, 0.2) is 4.34 Å². The lowest BCUT2D eigenvalue weighted by molar-refractivity contribution is -0.117. The highest BCUT2D eigenvalue weighted by molar-refractivity contribution is 8.02. The van der Waals surface area contributed by atoms with Crippen molar-refractivity contribution in [3.63, 3.8) is 0 Å². The number of carbonyl (C=O) groups excluding carboxylic acids is 1. The van der Waals surface area contributed by atoms with Crippen LogP contribution in [-0.2, 0) is 4.79 Å². The van der Waals surface area contributed by atoms with Crippen molar-refractivity contribution < 1.29 is 4.79 Å². The van der Waals surface area contributed by atoms with E-state index in [1.54, 1.807) is 11.8 Å². The Morgan fingerprint density at radius 1 is 1.08 bits per heavy atom. The summed E-state index contributed by atoms with van der Waals surface area (Å²) in [5.74, 6) is 0.0885. The summed E-state index contributed by atoms with van der Waals surface area (Å²) in [6, 6.07) is 16.2. The van der Waals surface area contributed by atoms with Gasteiger partial charge in [-0.3, -0.25) is 9.69 Å². The zero-order valence-electron chi connectivity index (χ0n) is 14.4. The maximum absolute atomic E-state index is 13.5. The fraction of sp³-hybridized carbons (Fsp3) is 0.211. The van der Waals surface area contributed by atoms with E-state index < -0.39 is 0 Å². The van der Waals surface area contributed by atoms with Gasteiger partial charge in [0, 0.05) is 9.79 Å². The van der Waals surface area contributed by atoms with E-state index in [1.807, 2.05) is 55.1 Å². The number of benzene rings is 2. The first-order valence-electron chi connectivity index (χ1n) is 8.34. The topological polar surface area (TPSA) is 46.1 Å². The van der Waals surface area contributed by atoms with Gasteiger partial charge in [-0.1, -0.05) is 66.0 Å². The van der Waals surface area contributed by atoms with E-state index in [2.05, 4.69) is 22.3 Å². The molecule has 0 spiro atoms. The fourth-order valence-corrected chi connectivity index (χ4v) is 5.92. The summed E-state index contributed by atoms with van der Waals surface area (Å²) in [6.07, 6.45) is 0.732. The standard InChI is InChI=1S/C19H17N3OS3/c1-3-15(26-19-21-20-12(2)24-19)18(23)22-13-8-4-6-10-16(13)25-17-11-7-5-9-14(17)22/h4-11,15H,3H2,1-2H3/t15-/m0/s1. The molecule has 0 bridgehead atoms. The van der Waals surface area contributed by atoms with Crippen LogP contribution in [0.25, 0.3) is 0 Å². The fourth-order valence-electron chi connectivity index (χ4n) is 2.84. The molecule has 7 heteroatoms. The summed E-state index contributed by atoms with van der Waals surface area (Å²) < 4.78 is 0.843. The van der Waals surface area contributed by atoms with Crippen molar-refractivity contribution in [3.05, 3.63) is 53.5 Å². The summed E-state index contributed by atoms with van der Waals surface area (Å²) in [4.78, 5) is 17.6. The normalized spacial score (nSPS) is 13.8. The summed E-state index contributed by atoms with van der Waals surface area (Å²) >= 11 is 4.75. The van der Waals surface area contributed by atoms with Crippen LogP contribution in [0.1, 0.15) is 18.4 Å². The minimum Gasteiger partial charge on any atom is -0.278 e. The van der Waals surface area contributed by atoms with Crippen LogP contribution < -0.4 is 4.90 Å². The van der Waals surface area contributed by atoms with Gasteiger partial charge in [-0.2, -0.15) is 0 Å². The number of nitrogens with zero attached hydrogens (tertiary/aromatic N) is 3. The Hall–Kier alpha value is -1.83. The molecule has 2 heterocycles. The molecule has 1 amide bonds. The number of fused-ring (bicyclic) bond motifs is 2. The van der Waals surface area contributed by atoms with E-state index in [4.69, 9.17) is 0 Å². The van der Waals surface area contributed by atoms with E-state index in [-0.39, 0.29) is 11.2 Å². The summed E-state index contributed by atoms with van der Waals surface area (Å²) in [6.45, 7) is 3.97. The number of thioether (sulfide) groups is 1. The molecule has 1 aromatic heterocycles. The highest BCUT2D eigenvalue weighted by Gasteiger charge is 2.32. The Morgan fingerprint density at radius 3 is 2.23 bits per heavy atom. The Bertz CT molecular complexity index is 911. The molecule has 1 aliphatic heterocycles. The number of amides is 1. The summed E-state index contributed by atoms with van der Waals surface area (Å²) in [5.41, 5.74) is 1.90. The first kappa shape index (κ1) is 17.6. The zero-order valence-corrected chi connectivity index (χ0v) is 16.8. The van der Waals surface area contributed by atoms with Crippen LogP contribution in [0.2, 0.25) is 0 Å². The first-order valence-corrected chi connectivity index (χ1v) is 10.8. The molecule has 26 heavy (non-hydrogen) atoms. The average Bonchev–Trinajstić information content (AvgIpc) is 3.08. The minimum atomic E-state index is -0.202.